The van der Waals surface area contributed by atoms with Gasteiger partial charge in [-0.2, -0.15) is 0 Å². The highest BCUT2D eigenvalue weighted by molar-refractivity contribution is 7.80. The van der Waals surface area contributed by atoms with Crippen LogP contribution in [0.5, 0.6) is 5.75 Å². The number of hydrogen-bond acceptors (Lipinski definition) is 5. The van der Waals surface area contributed by atoms with Gasteiger partial charge in [0, 0.05) is 27.9 Å². The van der Waals surface area contributed by atoms with Crippen molar-refractivity contribution in [3.63, 3.8) is 0 Å². The standard InChI is InChI=1S/C23H18ClN3O3S/c1-13-3-4-15(11-18(13)24)21(28)27-23(31)25-16-7-5-14(6-8-16)22-26-19-12-17(29-2)9-10-20(19)30-22/h3-12H,1-2H3,(H2,25,27,28,31). The number of thiocarbonyl (C=S) groups is 1. The Morgan fingerprint density at radius 2 is 1.87 bits per heavy atom. The minimum Gasteiger partial charge on any atom is -0.497 e. The third-order valence-corrected chi connectivity index (χ3v) is 5.26. The molecule has 0 aliphatic heterocycles. The predicted octanol–water partition coefficient (Wildman–Crippen LogP) is 5.59. The number of halogens is 1. The van der Waals surface area contributed by atoms with Gasteiger partial charge >= 0.3 is 0 Å². The van der Waals surface area contributed by atoms with E-state index in [1.54, 1.807) is 25.3 Å². The number of carbonyl (C=O) groups excluding carboxylic acids is 1. The highest BCUT2D eigenvalue weighted by Gasteiger charge is 2.11. The van der Waals surface area contributed by atoms with Gasteiger partial charge in [-0.15, -0.1) is 0 Å². The van der Waals surface area contributed by atoms with Crippen LogP contribution in [0.15, 0.2) is 65.1 Å². The molecule has 1 heterocycles. The van der Waals surface area contributed by atoms with Crippen LogP contribution in [0.1, 0.15) is 15.9 Å². The molecule has 1 amide bonds. The summed E-state index contributed by atoms with van der Waals surface area (Å²) in [6.45, 7) is 1.87. The van der Waals surface area contributed by atoms with Crippen LogP contribution in [-0.4, -0.2) is 23.1 Å². The number of fused-ring (bicyclic) bond motifs is 1. The molecule has 0 saturated carbocycles. The molecule has 31 heavy (non-hydrogen) atoms. The summed E-state index contributed by atoms with van der Waals surface area (Å²) in [5.74, 6) is 0.884. The largest absolute Gasteiger partial charge is 0.497 e. The second-order valence-electron chi connectivity index (χ2n) is 6.80. The molecule has 0 radical (unpaired) electrons. The molecule has 156 valence electrons. The van der Waals surface area contributed by atoms with Crippen LogP contribution in [0.25, 0.3) is 22.6 Å². The van der Waals surface area contributed by atoms with Crippen LogP contribution in [-0.2, 0) is 0 Å². The third kappa shape index (κ3) is 4.68. The fourth-order valence-corrected chi connectivity index (χ4v) is 3.32. The van der Waals surface area contributed by atoms with E-state index in [1.807, 2.05) is 49.4 Å². The first kappa shape index (κ1) is 20.8. The van der Waals surface area contributed by atoms with Gasteiger partial charge in [0.25, 0.3) is 5.91 Å². The van der Waals surface area contributed by atoms with Gasteiger partial charge in [-0.3, -0.25) is 10.1 Å². The Labute approximate surface area is 189 Å². The molecular weight excluding hydrogens is 434 g/mol. The summed E-state index contributed by atoms with van der Waals surface area (Å²) in [5, 5.41) is 6.35. The maximum atomic E-state index is 12.4. The SMILES string of the molecule is COc1ccc2oc(-c3ccc(NC(=S)NC(=O)c4ccc(C)c(Cl)c4)cc3)nc2c1. The van der Waals surface area contributed by atoms with E-state index in [4.69, 9.17) is 33.0 Å². The van der Waals surface area contributed by atoms with Gasteiger partial charge in [0.15, 0.2) is 10.7 Å². The number of anilines is 1. The third-order valence-electron chi connectivity index (χ3n) is 4.65. The smallest absolute Gasteiger partial charge is 0.257 e. The highest BCUT2D eigenvalue weighted by atomic mass is 35.5. The second kappa shape index (κ2) is 8.75. The quantitative estimate of drug-likeness (QED) is 0.394. The molecule has 0 fully saturated rings. The number of amides is 1. The van der Waals surface area contributed by atoms with Gasteiger partial charge in [-0.25, -0.2) is 4.98 Å². The van der Waals surface area contributed by atoms with Gasteiger partial charge < -0.3 is 14.5 Å². The van der Waals surface area contributed by atoms with Crippen LogP contribution in [0.2, 0.25) is 5.02 Å². The summed E-state index contributed by atoms with van der Waals surface area (Å²) in [6.07, 6.45) is 0. The Bertz CT molecular complexity index is 1290. The number of carbonyl (C=O) groups is 1. The maximum Gasteiger partial charge on any atom is 0.257 e. The van der Waals surface area contributed by atoms with Crippen molar-refractivity contribution in [2.24, 2.45) is 0 Å². The van der Waals surface area contributed by atoms with Crippen LogP contribution in [0.3, 0.4) is 0 Å². The van der Waals surface area contributed by atoms with Crippen LogP contribution >= 0.6 is 23.8 Å². The maximum absolute atomic E-state index is 12.4. The van der Waals surface area contributed by atoms with Crippen molar-refractivity contribution >= 4 is 51.6 Å². The Balaban J connectivity index is 1.42. The van der Waals surface area contributed by atoms with Crippen molar-refractivity contribution in [3.05, 3.63) is 76.8 Å². The van der Waals surface area contributed by atoms with Gasteiger partial charge in [0.05, 0.1) is 7.11 Å². The molecule has 0 aliphatic carbocycles. The monoisotopic (exact) mass is 451 g/mol. The molecule has 0 unspecified atom stereocenters. The zero-order chi connectivity index (χ0) is 22.0. The molecule has 4 aromatic rings. The molecule has 8 heteroatoms. The number of benzene rings is 3. The van der Waals surface area contributed by atoms with E-state index in [0.717, 1.165) is 22.4 Å². The molecule has 0 atom stereocenters. The highest BCUT2D eigenvalue weighted by Crippen LogP contribution is 2.27. The molecular formula is C23H18ClN3O3S. The van der Waals surface area contributed by atoms with Gasteiger partial charge in [-0.1, -0.05) is 17.7 Å². The van der Waals surface area contributed by atoms with E-state index in [-0.39, 0.29) is 11.0 Å². The molecule has 4 rings (SSSR count). The number of aromatic nitrogens is 1. The lowest BCUT2D eigenvalue weighted by Gasteiger charge is -2.10. The molecule has 3 aromatic carbocycles. The molecule has 0 saturated heterocycles. The van der Waals surface area contributed by atoms with E-state index < -0.39 is 0 Å². The minimum absolute atomic E-state index is 0.184. The molecule has 0 bridgehead atoms. The van der Waals surface area contributed by atoms with Crippen LogP contribution < -0.4 is 15.4 Å². The van der Waals surface area contributed by atoms with Gasteiger partial charge in [0.2, 0.25) is 5.89 Å². The number of methoxy groups -OCH3 is 1. The second-order valence-corrected chi connectivity index (χ2v) is 7.62. The Morgan fingerprint density at radius 3 is 2.58 bits per heavy atom. The van der Waals surface area contributed by atoms with Crippen molar-refractivity contribution in [2.75, 3.05) is 12.4 Å². The fourth-order valence-electron chi connectivity index (χ4n) is 2.93. The Kier molecular flexibility index (Phi) is 5.88. The lowest BCUT2D eigenvalue weighted by atomic mass is 10.1. The molecule has 1 aromatic heterocycles. The number of nitrogens with zero attached hydrogens (tertiary/aromatic N) is 1. The van der Waals surface area contributed by atoms with Crippen molar-refractivity contribution in [2.45, 2.75) is 6.92 Å². The normalized spacial score (nSPS) is 10.7. The summed E-state index contributed by atoms with van der Waals surface area (Å²) in [4.78, 5) is 16.9. The zero-order valence-corrected chi connectivity index (χ0v) is 18.3. The van der Waals surface area contributed by atoms with Gasteiger partial charge in [-0.05, 0) is 73.2 Å². The number of ether oxygens (including phenoxy) is 1. The van der Waals surface area contributed by atoms with E-state index in [9.17, 15) is 4.79 Å². The first-order valence-electron chi connectivity index (χ1n) is 9.36. The summed E-state index contributed by atoms with van der Waals surface area (Å²) < 4.78 is 11.0. The topological polar surface area (TPSA) is 76.4 Å². The minimum atomic E-state index is -0.335. The number of oxazole rings is 1. The average molecular weight is 452 g/mol. The molecule has 0 spiro atoms. The van der Waals surface area contributed by atoms with Crippen molar-refractivity contribution in [1.29, 1.82) is 0 Å². The fraction of sp³-hybridized carbons (Fsp3) is 0.0870. The lowest BCUT2D eigenvalue weighted by molar-refractivity contribution is 0.0977. The summed E-state index contributed by atoms with van der Waals surface area (Å²) >= 11 is 11.3. The summed E-state index contributed by atoms with van der Waals surface area (Å²) in [7, 11) is 1.61. The molecule has 0 aliphatic rings. The van der Waals surface area contributed by atoms with Crippen molar-refractivity contribution in [1.82, 2.24) is 10.3 Å². The van der Waals surface area contributed by atoms with E-state index in [1.165, 1.54) is 0 Å². The number of nitrogens with one attached hydrogen (secondary N) is 2. The van der Waals surface area contributed by atoms with Gasteiger partial charge in [0.1, 0.15) is 11.3 Å². The first-order valence-corrected chi connectivity index (χ1v) is 10.1. The van der Waals surface area contributed by atoms with E-state index in [0.29, 0.717) is 27.7 Å². The number of hydrogen-bond donors (Lipinski definition) is 2. The average Bonchev–Trinajstić information content (AvgIpc) is 3.19. The summed E-state index contributed by atoms with van der Waals surface area (Å²) in [6, 6.07) is 17.9. The predicted molar refractivity (Wildman–Crippen MR) is 126 cm³/mol. The van der Waals surface area contributed by atoms with Crippen molar-refractivity contribution in [3.8, 4) is 17.2 Å². The van der Waals surface area contributed by atoms with Crippen LogP contribution in [0, 0.1) is 6.92 Å². The lowest BCUT2D eigenvalue weighted by Crippen LogP contribution is -2.34. The van der Waals surface area contributed by atoms with E-state index in [2.05, 4.69) is 15.6 Å². The molecule has 2 N–H and O–H groups in total. The van der Waals surface area contributed by atoms with Crippen LogP contribution in [0.4, 0.5) is 5.69 Å². The number of rotatable bonds is 4. The Morgan fingerprint density at radius 1 is 1.10 bits per heavy atom. The van der Waals surface area contributed by atoms with E-state index >= 15 is 0 Å². The summed E-state index contributed by atoms with van der Waals surface area (Å²) in [5.41, 5.74) is 4.26. The zero-order valence-electron chi connectivity index (χ0n) is 16.7. The Hall–Kier alpha value is -3.42. The first-order chi connectivity index (χ1) is 14.9. The van der Waals surface area contributed by atoms with Crippen molar-refractivity contribution < 1.29 is 13.9 Å². The number of aryl methyl sites for hydroxylation is 1. The molecule has 6 nitrogen and oxygen atoms in total.